The Labute approximate surface area is 216 Å². The van der Waals surface area contributed by atoms with E-state index in [4.69, 9.17) is 18.9 Å². The van der Waals surface area contributed by atoms with E-state index in [2.05, 4.69) is 10.1 Å². The fourth-order valence-corrected chi connectivity index (χ4v) is 4.02. The van der Waals surface area contributed by atoms with Gasteiger partial charge in [-0.05, 0) is 25.0 Å². The van der Waals surface area contributed by atoms with E-state index in [0.29, 0.717) is 12.8 Å². The molecule has 1 aromatic carbocycles. The topological polar surface area (TPSA) is 173 Å². The second kappa shape index (κ2) is 15.6. The maximum absolute atomic E-state index is 13.0. The van der Waals surface area contributed by atoms with Gasteiger partial charge in [0, 0.05) is 18.6 Å². The third kappa shape index (κ3) is 8.71. The van der Waals surface area contributed by atoms with Crippen molar-refractivity contribution >= 4 is 11.9 Å². The van der Waals surface area contributed by atoms with Crippen molar-refractivity contribution in [1.29, 1.82) is 0 Å². The molecule has 1 aliphatic heterocycles. The largest absolute Gasteiger partial charge is 0.502 e. The number of methoxy groups -OCH3 is 3. The van der Waals surface area contributed by atoms with Crippen molar-refractivity contribution in [3.63, 3.8) is 0 Å². The second-order valence-corrected chi connectivity index (χ2v) is 8.75. The summed E-state index contributed by atoms with van der Waals surface area (Å²) in [5.74, 6) is -1.10. The molecule has 12 nitrogen and oxygen atoms in total. The summed E-state index contributed by atoms with van der Waals surface area (Å²) >= 11 is 0. The highest BCUT2D eigenvalue weighted by Crippen LogP contribution is 2.37. The van der Waals surface area contributed by atoms with Crippen LogP contribution < -0.4 is 14.8 Å². The number of amides is 1. The van der Waals surface area contributed by atoms with E-state index >= 15 is 0 Å². The van der Waals surface area contributed by atoms with Gasteiger partial charge < -0.3 is 49.4 Å². The fraction of sp³-hybridized carbons (Fsp3) is 0.680. The molecule has 2 rings (SSSR count). The molecule has 0 bridgehead atoms. The standard InChI is InChI=1S/C25H39NO11/c1-33-16-12-15(13-17(34-2)21(16)29)24(32)26-20-23(31)22(30)18(14-27)37-25(20)36-11-9-7-5-4-6-8-10-19(28)35-3/h12-13,18,20,22-23,25,27,29-31H,4-11,14H2,1-3H3,(H,26,32)/t18?,20?,22-,23?,25-/m1/s1. The van der Waals surface area contributed by atoms with E-state index in [1.54, 1.807) is 0 Å². The van der Waals surface area contributed by atoms with Gasteiger partial charge in [-0.1, -0.05) is 25.7 Å². The van der Waals surface area contributed by atoms with Crippen LogP contribution in [-0.4, -0.2) is 97.5 Å². The lowest BCUT2D eigenvalue weighted by atomic mass is 9.96. The lowest BCUT2D eigenvalue weighted by Gasteiger charge is -2.42. The molecule has 3 unspecified atom stereocenters. The van der Waals surface area contributed by atoms with Crippen LogP contribution in [0.15, 0.2) is 12.1 Å². The normalized spacial score (nSPS) is 23.4. The number of aliphatic hydroxyl groups is 3. The molecule has 0 aliphatic carbocycles. The zero-order valence-corrected chi connectivity index (χ0v) is 21.6. The van der Waals surface area contributed by atoms with E-state index in [0.717, 1.165) is 32.1 Å². The molecule has 1 aliphatic rings. The number of phenolic OH excluding ortho intramolecular Hbond substituents is 1. The predicted molar refractivity (Wildman–Crippen MR) is 131 cm³/mol. The van der Waals surface area contributed by atoms with Gasteiger partial charge in [-0.25, -0.2) is 0 Å². The highest BCUT2D eigenvalue weighted by molar-refractivity contribution is 5.95. The molecule has 0 aromatic heterocycles. The monoisotopic (exact) mass is 529 g/mol. The van der Waals surface area contributed by atoms with Crippen LogP contribution in [0.2, 0.25) is 0 Å². The Hall–Kier alpha value is -2.64. The van der Waals surface area contributed by atoms with Crippen molar-refractivity contribution < 1.29 is 53.7 Å². The summed E-state index contributed by atoms with van der Waals surface area (Å²) in [5, 5.41) is 43.2. The van der Waals surface area contributed by atoms with E-state index in [9.17, 15) is 30.0 Å². The van der Waals surface area contributed by atoms with Gasteiger partial charge in [-0.15, -0.1) is 0 Å². The van der Waals surface area contributed by atoms with Crippen molar-refractivity contribution in [3.05, 3.63) is 17.7 Å². The van der Waals surface area contributed by atoms with Gasteiger partial charge in [0.1, 0.15) is 24.4 Å². The number of carbonyl (C=O) groups is 2. The van der Waals surface area contributed by atoms with Crippen LogP contribution in [0, 0.1) is 0 Å². The van der Waals surface area contributed by atoms with Crippen molar-refractivity contribution in [1.82, 2.24) is 5.32 Å². The molecule has 1 heterocycles. The number of aliphatic hydroxyl groups excluding tert-OH is 3. The first-order valence-electron chi connectivity index (χ1n) is 12.3. The average Bonchev–Trinajstić information content (AvgIpc) is 2.90. The molecule has 5 N–H and O–H groups in total. The number of benzene rings is 1. The number of rotatable bonds is 15. The third-order valence-electron chi connectivity index (χ3n) is 6.21. The Kier molecular flexibility index (Phi) is 12.9. The number of esters is 1. The van der Waals surface area contributed by atoms with Crippen molar-refractivity contribution in [2.24, 2.45) is 0 Å². The number of hydrogen-bond acceptors (Lipinski definition) is 11. The van der Waals surface area contributed by atoms with Gasteiger partial charge in [0.25, 0.3) is 5.91 Å². The summed E-state index contributed by atoms with van der Waals surface area (Å²) in [6.45, 7) is -0.280. The van der Waals surface area contributed by atoms with Crippen molar-refractivity contribution in [2.45, 2.75) is 75.6 Å². The van der Waals surface area contributed by atoms with Crippen LogP contribution in [0.1, 0.15) is 55.3 Å². The molecule has 1 aromatic rings. The van der Waals surface area contributed by atoms with Gasteiger partial charge in [0.05, 0.1) is 27.9 Å². The van der Waals surface area contributed by atoms with Crippen LogP contribution in [0.5, 0.6) is 17.2 Å². The minimum absolute atomic E-state index is 0.0171. The highest BCUT2D eigenvalue weighted by Gasteiger charge is 2.45. The predicted octanol–water partition coefficient (Wildman–Crippen LogP) is 0.867. The van der Waals surface area contributed by atoms with Gasteiger partial charge >= 0.3 is 5.97 Å². The van der Waals surface area contributed by atoms with Crippen LogP contribution in [-0.2, 0) is 19.0 Å². The average molecular weight is 530 g/mol. The zero-order valence-electron chi connectivity index (χ0n) is 21.6. The summed E-state index contributed by atoms with van der Waals surface area (Å²) in [7, 11) is 4.03. The number of nitrogens with one attached hydrogen (secondary N) is 1. The molecule has 1 saturated heterocycles. The Balaban J connectivity index is 1.95. The molecule has 1 amide bonds. The van der Waals surface area contributed by atoms with E-state index in [1.807, 2.05) is 0 Å². The summed E-state index contributed by atoms with van der Waals surface area (Å²) in [4.78, 5) is 24.1. The smallest absolute Gasteiger partial charge is 0.305 e. The number of carbonyl (C=O) groups excluding carboxylic acids is 2. The third-order valence-corrected chi connectivity index (χ3v) is 6.21. The summed E-state index contributed by atoms with van der Waals surface area (Å²) in [6, 6.07) is 1.46. The van der Waals surface area contributed by atoms with Gasteiger partial charge in [0.2, 0.25) is 5.75 Å². The SMILES string of the molecule is COC(=O)CCCCCCCCO[C@@H]1OC(CO)[C@@H](O)C(O)C1NC(=O)c1cc(OC)c(O)c(OC)c1. The summed E-state index contributed by atoms with van der Waals surface area (Å²) in [6.07, 6.45) is 0.434. The van der Waals surface area contributed by atoms with Gasteiger partial charge in [-0.3, -0.25) is 9.59 Å². The molecule has 37 heavy (non-hydrogen) atoms. The minimum Gasteiger partial charge on any atom is -0.502 e. The Morgan fingerprint density at radius 1 is 0.946 bits per heavy atom. The Morgan fingerprint density at radius 2 is 1.54 bits per heavy atom. The molecule has 0 spiro atoms. The first kappa shape index (κ1) is 30.6. The molecule has 0 saturated carbocycles. The zero-order chi connectivity index (χ0) is 27.4. The van der Waals surface area contributed by atoms with Crippen molar-refractivity contribution in [3.8, 4) is 17.2 Å². The number of ether oxygens (including phenoxy) is 5. The molecule has 210 valence electrons. The molecule has 1 fully saturated rings. The van der Waals surface area contributed by atoms with Crippen LogP contribution >= 0.6 is 0 Å². The minimum atomic E-state index is -1.48. The lowest BCUT2D eigenvalue weighted by Crippen LogP contribution is -2.64. The fourth-order valence-electron chi connectivity index (χ4n) is 4.02. The highest BCUT2D eigenvalue weighted by atomic mass is 16.7. The maximum atomic E-state index is 13.0. The maximum Gasteiger partial charge on any atom is 0.305 e. The number of unbranched alkanes of at least 4 members (excludes halogenated alkanes) is 5. The van der Waals surface area contributed by atoms with Gasteiger partial charge in [0.15, 0.2) is 17.8 Å². The number of phenols is 1. The first-order valence-corrected chi connectivity index (χ1v) is 12.3. The Morgan fingerprint density at radius 3 is 2.11 bits per heavy atom. The Bertz CT molecular complexity index is 840. The van der Waals surface area contributed by atoms with E-state index in [1.165, 1.54) is 33.5 Å². The molecule has 5 atom stereocenters. The number of hydrogen-bond donors (Lipinski definition) is 5. The molecule has 0 radical (unpaired) electrons. The second-order valence-electron chi connectivity index (χ2n) is 8.75. The summed E-state index contributed by atoms with van der Waals surface area (Å²) < 4.78 is 26.2. The van der Waals surface area contributed by atoms with Crippen LogP contribution in [0.4, 0.5) is 0 Å². The number of aromatic hydroxyl groups is 1. The molecule has 12 heteroatoms. The first-order chi connectivity index (χ1) is 17.8. The molecular formula is C25H39NO11. The summed E-state index contributed by atoms with van der Waals surface area (Å²) in [5.41, 5.74) is 0.0726. The quantitative estimate of drug-likeness (QED) is 0.161. The van der Waals surface area contributed by atoms with E-state index in [-0.39, 0.29) is 35.4 Å². The lowest BCUT2D eigenvalue weighted by molar-refractivity contribution is -0.269. The van der Waals surface area contributed by atoms with Gasteiger partial charge in [-0.2, -0.15) is 0 Å². The van der Waals surface area contributed by atoms with E-state index < -0.39 is 43.2 Å². The van der Waals surface area contributed by atoms with Crippen molar-refractivity contribution in [2.75, 3.05) is 34.5 Å². The van der Waals surface area contributed by atoms with Crippen LogP contribution in [0.25, 0.3) is 0 Å². The molecular weight excluding hydrogens is 490 g/mol. The van der Waals surface area contributed by atoms with Crippen LogP contribution in [0.3, 0.4) is 0 Å².